The van der Waals surface area contributed by atoms with Gasteiger partial charge < -0.3 is 11.1 Å². The lowest BCUT2D eigenvalue weighted by atomic mass is 9.91. The average molecular weight is 295 g/mol. The minimum atomic E-state index is -0.309. The number of pyridine rings is 1. The molecule has 1 rings (SSSR count). The lowest BCUT2D eigenvalue weighted by Crippen LogP contribution is -2.52. The van der Waals surface area contributed by atoms with Crippen LogP contribution in [0.4, 0.5) is 0 Å². The van der Waals surface area contributed by atoms with Gasteiger partial charge in [0, 0.05) is 24.0 Å². The summed E-state index contributed by atoms with van der Waals surface area (Å²) in [5.41, 5.74) is 6.48. The molecule has 0 spiro atoms. The molecule has 0 saturated heterocycles. The molecule has 112 valence electrons. The topological polar surface area (TPSA) is 68.0 Å². The number of carbonyl (C=O) groups is 1. The molecule has 1 amide bonds. The zero-order valence-electron chi connectivity index (χ0n) is 12.6. The second-order valence-electron chi connectivity index (χ2n) is 5.72. The van der Waals surface area contributed by atoms with E-state index in [1.54, 1.807) is 18.0 Å². The maximum Gasteiger partial charge on any atom is 0.230 e. The molecule has 0 saturated carbocycles. The molecule has 20 heavy (non-hydrogen) atoms. The van der Waals surface area contributed by atoms with Crippen molar-refractivity contribution in [2.75, 3.05) is 12.3 Å². The molecule has 1 aromatic rings. The molecule has 3 N–H and O–H groups in total. The van der Waals surface area contributed by atoms with Gasteiger partial charge in [0.1, 0.15) is 0 Å². The molecule has 0 radical (unpaired) electrons. The molecule has 5 heteroatoms. The van der Waals surface area contributed by atoms with Crippen molar-refractivity contribution in [1.29, 1.82) is 0 Å². The highest BCUT2D eigenvalue weighted by Gasteiger charge is 2.25. The van der Waals surface area contributed by atoms with E-state index in [1.165, 1.54) is 0 Å². The van der Waals surface area contributed by atoms with Crippen molar-refractivity contribution in [3.8, 4) is 0 Å². The van der Waals surface area contributed by atoms with Gasteiger partial charge in [-0.2, -0.15) is 0 Å². The number of amides is 1. The van der Waals surface area contributed by atoms with Crippen LogP contribution in [0.3, 0.4) is 0 Å². The Morgan fingerprint density at radius 1 is 1.50 bits per heavy atom. The molecular formula is C15H25N3OS. The third-order valence-corrected chi connectivity index (χ3v) is 3.93. The molecule has 1 atom stereocenters. The van der Waals surface area contributed by atoms with Crippen LogP contribution in [0.15, 0.2) is 24.4 Å². The van der Waals surface area contributed by atoms with Gasteiger partial charge in [0.25, 0.3) is 0 Å². The zero-order valence-corrected chi connectivity index (χ0v) is 13.4. The first kappa shape index (κ1) is 17.0. The van der Waals surface area contributed by atoms with E-state index in [0.717, 1.165) is 17.9 Å². The Bertz CT molecular complexity index is 411. The lowest BCUT2D eigenvalue weighted by molar-refractivity contribution is -0.120. The Morgan fingerprint density at radius 2 is 2.25 bits per heavy atom. The van der Waals surface area contributed by atoms with Gasteiger partial charge in [-0.05, 0) is 31.4 Å². The summed E-state index contributed by atoms with van der Waals surface area (Å²) in [6.07, 6.45) is 2.66. The third kappa shape index (κ3) is 6.39. The molecule has 0 aromatic carbocycles. The largest absolute Gasteiger partial charge is 0.349 e. The fraction of sp³-hybridized carbons (Fsp3) is 0.600. The van der Waals surface area contributed by atoms with E-state index in [2.05, 4.69) is 24.1 Å². The Balaban J connectivity index is 2.35. The first-order chi connectivity index (χ1) is 9.45. The summed E-state index contributed by atoms with van der Waals surface area (Å²) in [4.78, 5) is 16.2. The van der Waals surface area contributed by atoms with Gasteiger partial charge in [0.15, 0.2) is 0 Å². The summed E-state index contributed by atoms with van der Waals surface area (Å²) in [7, 11) is 0. The number of nitrogens with one attached hydrogen (secondary N) is 1. The molecule has 0 aliphatic heterocycles. The average Bonchev–Trinajstić information content (AvgIpc) is 2.39. The van der Waals surface area contributed by atoms with Crippen LogP contribution in [0.1, 0.15) is 32.9 Å². The summed E-state index contributed by atoms with van der Waals surface area (Å²) in [5, 5.41) is 3.06. The number of nitrogens with two attached hydrogens (primary N) is 1. The summed E-state index contributed by atoms with van der Waals surface area (Å²) < 4.78 is 0. The van der Waals surface area contributed by atoms with Gasteiger partial charge >= 0.3 is 0 Å². The second-order valence-corrected chi connectivity index (χ2v) is 6.71. The number of nitrogens with zero attached hydrogens (tertiary/aromatic N) is 1. The molecule has 0 aliphatic rings. The maximum absolute atomic E-state index is 12.0. The van der Waals surface area contributed by atoms with Crippen molar-refractivity contribution < 1.29 is 4.79 Å². The van der Waals surface area contributed by atoms with Crippen LogP contribution in [0, 0.1) is 5.92 Å². The van der Waals surface area contributed by atoms with Crippen molar-refractivity contribution in [2.24, 2.45) is 11.7 Å². The fourth-order valence-corrected chi connectivity index (χ4v) is 2.93. The van der Waals surface area contributed by atoms with Crippen molar-refractivity contribution in [1.82, 2.24) is 10.3 Å². The van der Waals surface area contributed by atoms with Crippen LogP contribution >= 0.6 is 11.8 Å². The van der Waals surface area contributed by atoms with Crippen LogP contribution in [-0.4, -0.2) is 28.7 Å². The van der Waals surface area contributed by atoms with Gasteiger partial charge in [0.2, 0.25) is 5.91 Å². The van der Waals surface area contributed by atoms with Crippen molar-refractivity contribution >= 4 is 17.7 Å². The normalized spacial score (nSPS) is 14.1. The molecule has 1 unspecified atom stereocenters. The summed E-state index contributed by atoms with van der Waals surface area (Å²) in [6.45, 7) is 6.74. The maximum atomic E-state index is 12.0. The molecular weight excluding hydrogens is 270 g/mol. The van der Waals surface area contributed by atoms with Crippen molar-refractivity contribution in [3.05, 3.63) is 30.1 Å². The summed E-state index contributed by atoms with van der Waals surface area (Å²) in [5.74, 6) is 1.73. The second kappa shape index (κ2) is 8.27. The Kier molecular flexibility index (Phi) is 7.02. The van der Waals surface area contributed by atoms with E-state index in [4.69, 9.17) is 5.73 Å². The van der Waals surface area contributed by atoms with E-state index in [9.17, 15) is 4.79 Å². The minimum Gasteiger partial charge on any atom is -0.349 e. The molecule has 1 heterocycles. The molecule has 4 nitrogen and oxygen atoms in total. The zero-order chi connectivity index (χ0) is 15.0. The third-order valence-electron chi connectivity index (χ3n) is 2.96. The van der Waals surface area contributed by atoms with E-state index >= 15 is 0 Å². The summed E-state index contributed by atoms with van der Waals surface area (Å²) >= 11 is 1.57. The Morgan fingerprint density at radius 3 is 2.80 bits per heavy atom. The highest BCUT2D eigenvalue weighted by atomic mass is 32.2. The van der Waals surface area contributed by atoms with E-state index in [-0.39, 0.29) is 11.4 Å². The van der Waals surface area contributed by atoms with Crippen LogP contribution in [0.5, 0.6) is 0 Å². The standard InChI is InChI=1S/C15H25N3OS/c1-12(2)8-15(3,11-16)18-14(19)10-20-9-13-6-4-5-7-17-13/h4-7,12H,8-11,16H2,1-3H3,(H,18,19). The first-order valence-electron chi connectivity index (χ1n) is 6.94. The van der Waals surface area contributed by atoms with Crippen molar-refractivity contribution in [2.45, 2.75) is 38.5 Å². The number of hydrogen-bond acceptors (Lipinski definition) is 4. The van der Waals surface area contributed by atoms with Crippen molar-refractivity contribution in [3.63, 3.8) is 0 Å². The van der Waals surface area contributed by atoms with Gasteiger partial charge in [0.05, 0.1) is 11.4 Å². The Labute approximate surface area is 125 Å². The van der Waals surface area contributed by atoms with E-state index in [0.29, 0.717) is 18.2 Å². The van der Waals surface area contributed by atoms with E-state index < -0.39 is 0 Å². The Hall–Kier alpha value is -1.07. The quantitative estimate of drug-likeness (QED) is 0.771. The number of carbonyl (C=O) groups excluding carboxylic acids is 1. The fourth-order valence-electron chi connectivity index (χ4n) is 2.19. The van der Waals surface area contributed by atoms with Gasteiger partial charge in [-0.25, -0.2) is 0 Å². The van der Waals surface area contributed by atoms with Crippen LogP contribution in [0.25, 0.3) is 0 Å². The first-order valence-corrected chi connectivity index (χ1v) is 8.09. The number of rotatable bonds is 8. The minimum absolute atomic E-state index is 0.0412. The SMILES string of the molecule is CC(C)CC(C)(CN)NC(=O)CSCc1ccccn1. The van der Waals surface area contributed by atoms with Gasteiger partial charge in [-0.15, -0.1) is 11.8 Å². The molecule has 0 fully saturated rings. The predicted octanol–water partition coefficient (Wildman–Crippen LogP) is 2.19. The molecule has 0 bridgehead atoms. The highest BCUT2D eigenvalue weighted by Crippen LogP contribution is 2.16. The monoisotopic (exact) mass is 295 g/mol. The number of aromatic nitrogens is 1. The predicted molar refractivity (Wildman–Crippen MR) is 85.5 cm³/mol. The van der Waals surface area contributed by atoms with Gasteiger partial charge in [-0.3, -0.25) is 9.78 Å². The van der Waals surface area contributed by atoms with Crippen LogP contribution in [0.2, 0.25) is 0 Å². The van der Waals surface area contributed by atoms with Crippen LogP contribution in [-0.2, 0) is 10.5 Å². The number of hydrogen-bond donors (Lipinski definition) is 2. The van der Waals surface area contributed by atoms with E-state index in [1.807, 2.05) is 25.1 Å². The molecule has 0 aliphatic carbocycles. The number of thioether (sulfide) groups is 1. The highest BCUT2D eigenvalue weighted by molar-refractivity contribution is 7.99. The summed E-state index contributed by atoms with van der Waals surface area (Å²) in [6, 6.07) is 5.81. The smallest absolute Gasteiger partial charge is 0.230 e. The molecule has 1 aromatic heterocycles. The lowest BCUT2D eigenvalue weighted by Gasteiger charge is -2.31. The van der Waals surface area contributed by atoms with Crippen LogP contribution < -0.4 is 11.1 Å². The van der Waals surface area contributed by atoms with Gasteiger partial charge in [-0.1, -0.05) is 19.9 Å².